The van der Waals surface area contributed by atoms with Crippen molar-refractivity contribution in [3.05, 3.63) is 253 Å². The number of fused-ring (bicyclic) bond motifs is 10. The molecular formula is C78H66B2N2. The molecule has 0 N–H and O–H groups in total. The molecule has 13 aromatic rings. The minimum atomic E-state index is -0.0838. The standard InChI is InChI=1S/C78H66B2N2/c1-47(2)59-31-21-32-60(48(3)4)75(59)79-67-45-74-68(46-73(67)81-71-43-55(51-23-13-9-14-24-51)35-37-63(71)65-39-57(41-69(79)77(65)81)53-27-17-11-18-28-53)80(76-61(49(5)6)33-22-34-62(76)50(7)8)70-42-58(54-29-19-12-20-30-54)40-66-64-38-36-56(52-25-15-10-16-26-52)44-72(64)82(74)78(66)70/h9-50H,1-8H3. The Kier molecular flexibility index (Phi) is 11.9. The topological polar surface area (TPSA) is 9.86 Å². The summed E-state index contributed by atoms with van der Waals surface area (Å²) in [6.45, 7) is 19.0. The maximum atomic E-state index is 2.71. The molecule has 0 spiro atoms. The summed E-state index contributed by atoms with van der Waals surface area (Å²) in [5.74, 6) is 1.19. The number of nitrogens with zero attached hydrogens (tertiary/aromatic N) is 2. The number of hydrogen-bond donors (Lipinski definition) is 0. The minimum absolute atomic E-state index is 0.0838. The summed E-state index contributed by atoms with van der Waals surface area (Å²) in [7, 11) is 0. The Morgan fingerprint density at radius 1 is 0.256 bits per heavy atom. The summed E-state index contributed by atoms with van der Waals surface area (Å²) in [5.41, 5.74) is 31.4. The van der Waals surface area contributed by atoms with Crippen LogP contribution in [0, 0.1) is 0 Å². The molecule has 394 valence electrons. The first kappa shape index (κ1) is 50.1. The molecule has 2 nitrogen and oxygen atoms in total. The van der Waals surface area contributed by atoms with E-state index in [0.29, 0.717) is 23.7 Å². The maximum Gasteiger partial charge on any atom is 0.247 e. The van der Waals surface area contributed by atoms with E-state index in [9.17, 15) is 0 Å². The number of hydrogen-bond acceptors (Lipinski definition) is 0. The molecule has 0 bridgehead atoms. The Balaban J connectivity index is 1.17. The highest BCUT2D eigenvalue weighted by Crippen LogP contribution is 2.42. The lowest BCUT2D eigenvalue weighted by Crippen LogP contribution is -2.61. The Labute approximate surface area is 483 Å². The highest BCUT2D eigenvalue weighted by molar-refractivity contribution is 7.00. The summed E-state index contributed by atoms with van der Waals surface area (Å²) in [4.78, 5) is 0. The van der Waals surface area contributed by atoms with Crippen molar-refractivity contribution in [2.24, 2.45) is 0 Å². The third-order valence-electron chi connectivity index (χ3n) is 18.5. The van der Waals surface area contributed by atoms with E-state index in [-0.39, 0.29) is 13.4 Å². The molecule has 0 saturated carbocycles. The summed E-state index contributed by atoms with van der Waals surface area (Å²) in [6.07, 6.45) is 0. The van der Waals surface area contributed by atoms with E-state index < -0.39 is 0 Å². The van der Waals surface area contributed by atoms with Gasteiger partial charge in [0.1, 0.15) is 0 Å². The highest BCUT2D eigenvalue weighted by atomic mass is 15.0. The van der Waals surface area contributed by atoms with Crippen LogP contribution in [-0.4, -0.2) is 22.6 Å². The third kappa shape index (κ3) is 7.71. The molecule has 82 heavy (non-hydrogen) atoms. The fraction of sp³-hybridized carbons (Fsp3) is 0.154. The number of rotatable bonds is 10. The molecule has 2 aliphatic rings. The number of benzene rings is 11. The van der Waals surface area contributed by atoms with E-state index in [1.54, 1.807) is 0 Å². The van der Waals surface area contributed by atoms with E-state index in [1.165, 1.54) is 155 Å². The van der Waals surface area contributed by atoms with Gasteiger partial charge < -0.3 is 9.13 Å². The van der Waals surface area contributed by atoms with Crippen molar-refractivity contribution in [3.8, 4) is 55.9 Å². The molecule has 0 amide bonds. The van der Waals surface area contributed by atoms with Gasteiger partial charge in [-0.25, -0.2) is 0 Å². The van der Waals surface area contributed by atoms with Crippen molar-refractivity contribution in [3.63, 3.8) is 0 Å². The van der Waals surface area contributed by atoms with Crippen molar-refractivity contribution in [1.29, 1.82) is 0 Å². The molecular weight excluding hydrogens is 986 g/mol. The van der Waals surface area contributed by atoms with Gasteiger partial charge >= 0.3 is 0 Å². The van der Waals surface area contributed by atoms with Crippen LogP contribution >= 0.6 is 0 Å². The second-order valence-electron chi connectivity index (χ2n) is 24.7. The van der Waals surface area contributed by atoms with Gasteiger partial charge in [0.2, 0.25) is 13.4 Å². The molecule has 4 heterocycles. The van der Waals surface area contributed by atoms with Crippen LogP contribution in [0.4, 0.5) is 0 Å². The van der Waals surface area contributed by atoms with Crippen molar-refractivity contribution in [2.45, 2.75) is 79.1 Å². The lowest BCUT2D eigenvalue weighted by molar-refractivity contribution is 0.845. The van der Waals surface area contributed by atoms with Crippen LogP contribution in [0.2, 0.25) is 0 Å². The zero-order valence-corrected chi connectivity index (χ0v) is 48.3. The molecule has 2 aromatic heterocycles. The molecule has 0 unspecified atom stereocenters. The molecule has 0 radical (unpaired) electrons. The van der Waals surface area contributed by atoms with E-state index >= 15 is 0 Å². The van der Waals surface area contributed by atoms with Crippen LogP contribution in [0.3, 0.4) is 0 Å². The first-order chi connectivity index (χ1) is 40.0. The summed E-state index contributed by atoms with van der Waals surface area (Å²) < 4.78 is 5.42. The average molecular weight is 1050 g/mol. The second kappa shape index (κ2) is 19.4. The first-order valence-electron chi connectivity index (χ1n) is 29.9. The van der Waals surface area contributed by atoms with Gasteiger partial charge in [0.05, 0.1) is 11.0 Å². The maximum absolute atomic E-state index is 2.71. The lowest BCUT2D eigenvalue weighted by Gasteiger charge is -2.36. The van der Waals surface area contributed by atoms with E-state index in [2.05, 4.69) is 295 Å². The van der Waals surface area contributed by atoms with E-state index in [0.717, 1.165) is 0 Å². The largest absolute Gasteiger partial charge is 0.310 e. The van der Waals surface area contributed by atoms with Gasteiger partial charge in [-0.2, -0.15) is 0 Å². The van der Waals surface area contributed by atoms with Crippen molar-refractivity contribution in [1.82, 2.24) is 9.13 Å². The predicted octanol–water partition coefficient (Wildman–Crippen LogP) is 16.7. The Bertz CT molecular complexity index is 4330. The lowest BCUT2D eigenvalue weighted by atomic mass is 9.31. The smallest absolute Gasteiger partial charge is 0.247 e. The predicted molar refractivity (Wildman–Crippen MR) is 355 cm³/mol. The molecule has 0 fully saturated rings. The monoisotopic (exact) mass is 1050 g/mol. The fourth-order valence-electron chi connectivity index (χ4n) is 14.8. The average Bonchev–Trinajstić information content (AvgIpc) is 2.00. The second-order valence-corrected chi connectivity index (χ2v) is 24.7. The third-order valence-corrected chi connectivity index (χ3v) is 18.5. The Hall–Kier alpha value is -8.85. The van der Waals surface area contributed by atoms with Gasteiger partial charge in [-0.3, -0.25) is 0 Å². The van der Waals surface area contributed by atoms with E-state index in [4.69, 9.17) is 0 Å². The van der Waals surface area contributed by atoms with Gasteiger partial charge in [0.25, 0.3) is 0 Å². The van der Waals surface area contributed by atoms with Gasteiger partial charge in [0.15, 0.2) is 0 Å². The zero-order chi connectivity index (χ0) is 55.7. The van der Waals surface area contributed by atoms with Gasteiger partial charge in [-0.05, 0) is 149 Å². The molecule has 2 aliphatic heterocycles. The zero-order valence-electron chi connectivity index (χ0n) is 48.3. The quantitative estimate of drug-likeness (QED) is 0.121. The van der Waals surface area contributed by atoms with Crippen LogP contribution < -0.4 is 32.8 Å². The Morgan fingerprint density at radius 2 is 0.573 bits per heavy atom. The van der Waals surface area contributed by atoms with Crippen LogP contribution in [0.5, 0.6) is 0 Å². The van der Waals surface area contributed by atoms with Crippen LogP contribution in [0.1, 0.15) is 101 Å². The van der Waals surface area contributed by atoms with Crippen molar-refractivity contribution in [2.75, 3.05) is 0 Å². The number of aromatic nitrogens is 2. The molecule has 0 saturated heterocycles. The highest BCUT2D eigenvalue weighted by Gasteiger charge is 2.43. The minimum Gasteiger partial charge on any atom is -0.310 e. The van der Waals surface area contributed by atoms with E-state index in [1.807, 2.05) is 0 Å². The van der Waals surface area contributed by atoms with Crippen LogP contribution in [0.25, 0.3) is 99.5 Å². The first-order valence-corrected chi connectivity index (χ1v) is 29.9. The normalized spacial score (nSPS) is 12.8. The van der Waals surface area contributed by atoms with Gasteiger partial charge in [0, 0.05) is 44.0 Å². The summed E-state index contributed by atoms with van der Waals surface area (Å²) >= 11 is 0. The SMILES string of the molecule is CC(C)c1cccc(C(C)C)c1B1c2cc3c(cc2-n2c4cc(-c5ccccc5)ccc4c4cc(-c5ccccc5)cc1c42)B(c1c(C(C)C)cccc1C(C)C)c1cc(-c2ccccc2)cc2c4ccc(-c5ccccc5)cc4n-3c12. The summed E-state index contributed by atoms with van der Waals surface area (Å²) in [5, 5.41) is 5.13. The Morgan fingerprint density at radius 3 is 0.890 bits per heavy atom. The van der Waals surface area contributed by atoms with Crippen LogP contribution in [-0.2, 0) is 0 Å². The molecule has 0 aliphatic carbocycles. The van der Waals surface area contributed by atoms with Gasteiger partial charge in [-0.15, -0.1) is 0 Å². The molecule has 11 aromatic carbocycles. The summed E-state index contributed by atoms with van der Waals surface area (Å²) in [6, 6.07) is 88.5. The van der Waals surface area contributed by atoms with Crippen molar-refractivity contribution < 1.29 is 0 Å². The molecule has 4 heteroatoms. The van der Waals surface area contributed by atoms with Crippen molar-refractivity contribution >= 4 is 89.8 Å². The molecule has 15 rings (SSSR count). The van der Waals surface area contributed by atoms with Crippen LogP contribution in [0.15, 0.2) is 231 Å². The molecule has 0 atom stereocenters. The fourth-order valence-corrected chi connectivity index (χ4v) is 14.8. The van der Waals surface area contributed by atoms with Gasteiger partial charge in [-0.1, -0.05) is 260 Å².